The van der Waals surface area contributed by atoms with Gasteiger partial charge in [0.05, 0.1) is 12.7 Å². The van der Waals surface area contributed by atoms with E-state index in [9.17, 15) is 0 Å². The molecule has 2 unspecified atom stereocenters. The molecule has 1 heterocycles. The molecule has 1 aliphatic rings. The highest BCUT2D eigenvalue weighted by Crippen LogP contribution is 2.31. The lowest BCUT2D eigenvalue weighted by Crippen LogP contribution is -2.48. The predicted octanol–water partition coefficient (Wildman–Crippen LogP) is 2.39. The van der Waals surface area contributed by atoms with E-state index in [1.165, 1.54) is 5.56 Å². The van der Waals surface area contributed by atoms with Gasteiger partial charge in [-0.3, -0.25) is 0 Å². The molecule has 0 amide bonds. The molecular weight excluding hydrogens is 226 g/mol. The minimum absolute atomic E-state index is 0.0599. The number of para-hydroxylation sites is 1. The molecule has 0 aromatic heterocycles. The van der Waals surface area contributed by atoms with Gasteiger partial charge in [0.25, 0.3) is 0 Å². The van der Waals surface area contributed by atoms with Gasteiger partial charge in [0.1, 0.15) is 5.75 Å². The summed E-state index contributed by atoms with van der Waals surface area (Å²) < 4.78 is 11.4. The summed E-state index contributed by atoms with van der Waals surface area (Å²) in [5.74, 6) is 0.958. The molecule has 1 aromatic carbocycles. The number of benzene rings is 1. The van der Waals surface area contributed by atoms with Crippen LogP contribution in [0, 0.1) is 0 Å². The summed E-state index contributed by atoms with van der Waals surface area (Å²) in [5.41, 5.74) is 1.17. The molecule has 100 valence electrons. The van der Waals surface area contributed by atoms with Gasteiger partial charge < -0.3 is 14.8 Å². The molecular formula is C15H23NO2. The molecule has 1 fully saturated rings. The fraction of sp³-hybridized carbons (Fsp3) is 0.600. The lowest BCUT2D eigenvalue weighted by molar-refractivity contribution is -0.00954. The van der Waals surface area contributed by atoms with Crippen LogP contribution in [0.15, 0.2) is 24.3 Å². The first-order chi connectivity index (χ1) is 8.69. The molecule has 3 heteroatoms. The Morgan fingerprint density at radius 3 is 2.83 bits per heavy atom. The molecule has 0 radical (unpaired) electrons. The summed E-state index contributed by atoms with van der Waals surface area (Å²) >= 11 is 0. The van der Waals surface area contributed by atoms with Crippen LogP contribution in [-0.4, -0.2) is 32.4 Å². The number of nitrogens with one attached hydrogen (secondary N) is 1. The van der Waals surface area contributed by atoms with Crippen molar-refractivity contribution in [2.75, 3.05) is 20.8 Å². The van der Waals surface area contributed by atoms with Gasteiger partial charge in [-0.2, -0.15) is 0 Å². The van der Waals surface area contributed by atoms with Gasteiger partial charge in [-0.1, -0.05) is 18.2 Å². The number of rotatable bonds is 5. The molecule has 1 aliphatic heterocycles. The molecule has 1 saturated heterocycles. The Balaban J connectivity index is 2.15. The predicted molar refractivity (Wildman–Crippen MR) is 73.1 cm³/mol. The zero-order chi connectivity index (χ0) is 13.0. The van der Waals surface area contributed by atoms with Crippen molar-refractivity contribution in [1.29, 1.82) is 0 Å². The molecule has 2 atom stereocenters. The Kier molecular flexibility index (Phi) is 4.25. The normalized spacial score (nSPS) is 25.1. The number of hydrogen-bond donors (Lipinski definition) is 1. The first kappa shape index (κ1) is 13.4. The Hall–Kier alpha value is -1.06. The summed E-state index contributed by atoms with van der Waals surface area (Å²) in [7, 11) is 3.73. The van der Waals surface area contributed by atoms with Gasteiger partial charge >= 0.3 is 0 Å². The second kappa shape index (κ2) is 5.72. The third-order valence-electron chi connectivity index (χ3n) is 3.95. The average molecular weight is 249 g/mol. The fourth-order valence-electron chi connectivity index (χ4n) is 2.79. The van der Waals surface area contributed by atoms with E-state index >= 15 is 0 Å². The Labute approximate surface area is 109 Å². The van der Waals surface area contributed by atoms with Crippen molar-refractivity contribution in [3.05, 3.63) is 29.8 Å². The lowest BCUT2D eigenvalue weighted by atomic mass is 9.88. The number of likely N-dealkylation sites (N-methyl/N-ethyl adjacent to an activating group) is 1. The largest absolute Gasteiger partial charge is 0.496 e. The van der Waals surface area contributed by atoms with Gasteiger partial charge in [0.15, 0.2) is 0 Å². The Bertz CT molecular complexity index is 386. The van der Waals surface area contributed by atoms with Crippen LogP contribution in [0.1, 0.15) is 25.3 Å². The minimum Gasteiger partial charge on any atom is -0.496 e. The molecule has 0 bridgehead atoms. The third-order valence-corrected chi connectivity index (χ3v) is 3.95. The van der Waals surface area contributed by atoms with Crippen LogP contribution in [-0.2, 0) is 11.2 Å². The van der Waals surface area contributed by atoms with E-state index in [-0.39, 0.29) is 5.60 Å². The first-order valence-electron chi connectivity index (χ1n) is 6.63. The van der Waals surface area contributed by atoms with E-state index in [0.29, 0.717) is 6.04 Å². The monoisotopic (exact) mass is 249 g/mol. The molecule has 2 rings (SSSR count). The molecule has 1 aromatic rings. The van der Waals surface area contributed by atoms with Crippen molar-refractivity contribution in [2.45, 2.75) is 37.8 Å². The van der Waals surface area contributed by atoms with E-state index in [1.807, 2.05) is 19.2 Å². The number of ether oxygens (including phenoxy) is 2. The van der Waals surface area contributed by atoms with Crippen LogP contribution in [0.4, 0.5) is 0 Å². The summed E-state index contributed by atoms with van der Waals surface area (Å²) in [6.45, 7) is 3.08. The Morgan fingerprint density at radius 1 is 1.44 bits per heavy atom. The quantitative estimate of drug-likeness (QED) is 0.869. The Morgan fingerprint density at radius 2 is 2.22 bits per heavy atom. The highest BCUT2D eigenvalue weighted by atomic mass is 16.5. The zero-order valence-corrected chi connectivity index (χ0v) is 11.5. The van der Waals surface area contributed by atoms with Crippen LogP contribution in [0.2, 0.25) is 0 Å². The van der Waals surface area contributed by atoms with Crippen molar-refractivity contribution in [2.24, 2.45) is 0 Å². The van der Waals surface area contributed by atoms with Crippen molar-refractivity contribution in [1.82, 2.24) is 5.32 Å². The van der Waals surface area contributed by atoms with Crippen molar-refractivity contribution >= 4 is 0 Å². The summed E-state index contributed by atoms with van der Waals surface area (Å²) in [5, 5.41) is 3.40. The number of methoxy groups -OCH3 is 1. The fourth-order valence-corrected chi connectivity index (χ4v) is 2.79. The van der Waals surface area contributed by atoms with Gasteiger partial charge in [0, 0.05) is 12.6 Å². The SMILES string of the molecule is CNC(Cc1ccccc1OC)C1(C)CCCO1. The second-order valence-electron chi connectivity index (χ2n) is 5.12. The molecule has 1 N–H and O–H groups in total. The molecule has 3 nitrogen and oxygen atoms in total. The zero-order valence-electron chi connectivity index (χ0n) is 11.5. The van der Waals surface area contributed by atoms with Crippen molar-refractivity contribution < 1.29 is 9.47 Å². The highest BCUT2D eigenvalue weighted by Gasteiger charge is 2.37. The van der Waals surface area contributed by atoms with Gasteiger partial charge in [-0.15, -0.1) is 0 Å². The topological polar surface area (TPSA) is 30.5 Å². The lowest BCUT2D eigenvalue weighted by Gasteiger charge is -2.33. The van der Waals surface area contributed by atoms with E-state index in [4.69, 9.17) is 9.47 Å². The van der Waals surface area contributed by atoms with E-state index < -0.39 is 0 Å². The minimum atomic E-state index is -0.0599. The van der Waals surface area contributed by atoms with E-state index in [0.717, 1.165) is 31.6 Å². The van der Waals surface area contributed by atoms with Gasteiger partial charge in [-0.25, -0.2) is 0 Å². The van der Waals surface area contributed by atoms with Gasteiger partial charge in [-0.05, 0) is 44.9 Å². The average Bonchev–Trinajstić information content (AvgIpc) is 2.84. The first-order valence-corrected chi connectivity index (χ1v) is 6.63. The highest BCUT2D eigenvalue weighted by molar-refractivity contribution is 5.34. The van der Waals surface area contributed by atoms with Crippen molar-refractivity contribution in [3.8, 4) is 5.75 Å². The van der Waals surface area contributed by atoms with Crippen LogP contribution < -0.4 is 10.1 Å². The molecule has 18 heavy (non-hydrogen) atoms. The maximum absolute atomic E-state index is 5.94. The third kappa shape index (κ3) is 2.68. The second-order valence-corrected chi connectivity index (χ2v) is 5.12. The maximum atomic E-state index is 5.94. The van der Waals surface area contributed by atoms with Crippen molar-refractivity contribution in [3.63, 3.8) is 0 Å². The standard InChI is InChI=1S/C15H23NO2/c1-15(9-6-10-18-15)14(16-2)11-12-7-4-5-8-13(12)17-3/h4-5,7-8,14,16H,6,9-11H2,1-3H3. The van der Waals surface area contributed by atoms with Gasteiger partial charge in [0.2, 0.25) is 0 Å². The molecule has 0 saturated carbocycles. The van der Waals surface area contributed by atoms with Crippen LogP contribution in [0.25, 0.3) is 0 Å². The van der Waals surface area contributed by atoms with Crippen LogP contribution in [0.3, 0.4) is 0 Å². The molecule has 0 aliphatic carbocycles. The maximum Gasteiger partial charge on any atom is 0.122 e. The van der Waals surface area contributed by atoms with Crippen LogP contribution >= 0.6 is 0 Å². The summed E-state index contributed by atoms with van der Waals surface area (Å²) in [6.07, 6.45) is 3.20. The van der Waals surface area contributed by atoms with E-state index in [1.54, 1.807) is 7.11 Å². The number of hydrogen-bond acceptors (Lipinski definition) is 3. The molecule has 0 spiro atoms. The smallest absolute Gasteiger partial charge is 0.122 e. The summed E-state index contributed by atoms with van der Waals surface area (Å²) in [6, 6.07) is 8.52. The van der Waals surface area contributed by atoms with E-state index in [2.05, 4.69) is 24.4 Å². The summed E-state index contributed by atoms with van der Waals surface area (Å²) in [4.78, 5) is 0. The van der Waals surface area contributed by atoms with Crippen LogP contribution in [0.5, 0.6) is 5.75 Å².